The first-order valence-electron chi connectivity index (χ1n) is 4.10. The van der Waals surface area contributed by atoms with E-state index in [-0.39, 0.29) is 6.04 Å². The van der Waals surface area contributed by atoms with Crippen LogP contribution in [0.25, 0.3) is 0 Å². The number of aliphatic imine (C=N–C) groups is 1. The molecule has 0 aromatic heterocycles. The lowest BCUT2D eigenvalue weighted by Gasteiger charge is -2.21. The Morgan fingerprint density at radius 3 is 2.83 bits per heavy atom. The van der Waals surface area contributed by atoms with Crippen molar-refractivity contribution in [3.8, 4) is 0 Å². The number of hydrogen-bond donors (Lipinski definition) is 1. The van der Waals surface area contributed by atoms with Crippen molar-refractivity contribution in [2.45, 2.75) is 32.4 Å². The van der Waals surface area contributed by atoms with Gasteiger partial charge in [-0.15, -0.1) is 11.8 Å². The third kappa shape index (κ3) is 2.68. The minimum absolute atomic E-state index is 0.0801. The summed E-state index contributed by atoms with van der Waals surface area (Å²) in [5, 5.41) is 9.67. The van der Waals surface area contributed by atoms with Gasteiger partial charge in [0.1, 0.15) is 4.38 Å². The van der Waals surface area contributed by atoms with E-state index in [2.05, 4.69) is 11.9 Å². The van der Waals surface area contributed by atoms with Crippen molar-refractivity contribution in [1.29, 1.82) is 0 Å². The average molecular weight is 205 g/mol. The van der Waals surface area contributed by atoms with Crippen LogP contribution in [-0.2, 0) is 0 Å². The Labute approximate surface area is 82.2 Å². The van der Waals surface area contributed by atoms with Gasteiger partial charge in [-0.05, 0) is 19.6 Å². The molecule has 0 aromatic carbocycles. The lowest BCUT2D eigenvalue weighted by molar-refractivity contribution is 0.0614. The molecule has 70 valence electrons. The van der Waals surface area contributed by atoms with Crippen LogP contribution in [0.4, 0.5) is 0 Å². The van der Waals surface area contributed by atoms with Crippen LogP contribution in [0.1, 0.15) is 20.8 Å². The van der Waals surface area contributed by atoms with Crippen molar-refractivity contribution in [2.75, 3.05) is 11.5 Å². The Morgan fingerprint density at radius 1 is 1.75 bits per heavy atom. The molecular formula is C8H15NOS2. The van der Waals surface area contributed by atoms with Gasteiger partial charge in [0.15, 0.2) is 0 Å². The van der Waals surface area contributed by atoms with Gasteiger partial charge in [0.05, 0.1) is 11.6 Å². The number of aliphatic hydroxyl groups is 1. The van der Waals surface area contributed by atoms with Crippen LogP contribution in [0.3, 0.4) is 0 Å². The fourth-order valence-corrected chi connectivity index (χ4v) is 3.24. The number of rotatable bonds is 2. The highest BCUT2D eigenvalue weighted by molar-refractivity contribution is 8.39. The fourth-order valence-electron chi connectivity index (χ4n) is 0.916. The van der Waals surface area contributed by atoms with Crippen molar-refractivity contribution >= 4 is 27.9 Å². The van der Waals surface area contributed by atoms with E-state index < -0.39 is 5.60 Å². The molecule has 0 fully saturated rings. The first-order chi connectivity index (χ1) is 5.54. The predicted molar refractivity (Wildman–Crippen MR) is 58.1 cm³/mol. The van der Waals surface area contributed by atoms with E-state index in [0.717, 1.165) is 15.9 Å². The molecule has 0 saturated carbocycles. The molecule has 0 radical (unpaired) electrons. The molecule has 1 aliphatic heterocycles. The molecule has 0 spiro atoms. The van der Waals surface area contributed by atoms with E-state index in [0.29, 0.717) is 0 Å². The normalized spacial score (nSPS) is 24.3. The van der Waals surface area contributed by atoms with Crippen LogP contribution in [0, 0.1) is 0 Å². The number of thioether (sulfide) groups is 2. The second-order valence-corrected chi connectivity index (χ2v) is 5.83. The van der Waals surface area contributed by atoms with Crippen molar-refractivity contribution < 1.29 is 5.11 Å². The van der Waals surface area contributed by atoms with Gasteiger partial charge in [-0.25, -0.2) is 0 Å². The number of hydrogen-bond acceptors (Lipinski definition) is 4. The first-order valence-corrected chi connectivity index (χ1v) is 6.07. The topological polar surface area (TPSA) is 32.6 Å². The molecule has 0 bridgehead atoms. The van der Waals surface area contributed by atoms with E-state index in [1.165, 1.54) is 0 Å². The highest BCUT2D eigenvalue weighted by atomic mass is 32.2. The molecule has 2 nitrogen and oxygen atoms in total. The Hall–Kier alpha value is 0.330. The second-order valence-electron chi connectivity index (χ2n) is 3.31. The van der Waals surface area contributed by atoms with Crippen molar-refractivity contribution in [1.82, 2.24) is 0 Å². The Morgan fingerprint density at radius 2 is 2.42 bits per heavy atom. The molecule has 1 aliphatic rings. The lowest BCUT2D eigenvalue weighted by Crippen LogP contribution is -2.34. The zero-order valence-electron chi connectivity index (χ0n) is 7.70. The van der Waals surface area contributed by atoms with Crippen LogP contribution >= 0.6 is 23.5 Å². The molecule has 1 N–H and O–H groups in total. The van der Waals surface area contributed by atoms with Crippen molar-refractivity contribution in [2.24, 2.45) is 4.99 Å². The SMILES string of the molecule is CCSC1=N[C@H](C(C)(C)O)CS1. The van der Waals surface area contributed by atoms with Gasteiger partial charge in [0, 0.05) is 5.75 Å². The summed E-state index contributed by atoms with van der Waals surface area (Å²) in [5.74, 6) is 1.98. The molecule has 4 heteroatoms. The summed E-state index contributed by atoms with van der Waals surface area (Å²) in [6, 6.07) is 0.0801. The van der Waals surface area contributed by atoms with Gasteiger partial charge in [0.25, 0.3) is 0 Å². The van der Waals surface area contributed by atoms with Crippen LogP contribution in [0.5, 0.6) is 0 Å². The fraction of sp³-hybridized carbons (Fsp3) is 0.875. The largest absolute Gasteiger partial charge is 0.388 e. The Bertz CT molecular complexity index is 186. The van der Waals surface area contributed by atoms with E-state index >= 15 is 0 Å². The van der Waals surface area contributed by atoms with Crippen molar-refractivity contribution in [3.63, 3.8) is 0 Å². The maximum atomic E-state index is 9.67. The van der Waals surface area contributed by atoms with Gasteiger partial charge in [-0.1, -0.05) is 18.7 Å². The molecule has 0 amide bonds. The minimum Gasteiger partial charge on any atom is -0.388 e. The van der Waals surface area contributed by atoms with Gasteiger partial charge in [-0.3, -0.25) is 4.99 Å². The molecule has 1 heterocycles. The monoisotopic (exact) mass is 205 g/mol. The summed E-state index contributed by atoms with van der Waals surface area (Å²) in [5.41, 5.74) is -0.664. The highest BCUT2D eigenvalue weighted by Gasteiger charge is 2.31. The summed E-state index contributed by atoms with van der Waals surface area (Å²) >= 11 is 3.52. The molecule has 0 aromatic rings. The summed E-state index contributed by atoms with van der Waals surface area (Å²) in [4.78, 5) is 4.44. The maximum absolute atomic E-state index is 9.67. The molecule has 0 saturated heterocycles. The van der Waals surface area contributed by atoms with Crippen LogP contribution < -0.4 is 0 Å². The van der Waals surface area contributed by atoms with Gasteiger partial charge in [-0.2, -0.15) is 0 Å². The van der Waals surface area contributed by atoms with Gasteiger partial charge in [0.2, 0.25) is 0 Å². The summed E-state index contributed by atoms with van der Waals surface area (Å²) in [6.45, 7) is 5.76. The Kier molecular flexibility index (Phi) is 3.49. The smallest absolute Gasteiger partial charge is 0.125 e. The molecule has 0 unspecified atom stereocenters. The minimum atomic E-state index is -0.664. The standard InChI is InChI=1S/C8H15NOS2/c1-4-11-7-9-6(5-12-7)8(2,3)10/h6,10H,4-5H2,1-3H3/t6-/m0/s1. The molecule has 0 aliphatic carbocycles. The van der Waals surface area contributed by atoms with Crippen LogP contribution in [0.15, 0.2) is 4.99 Å². The first kappa shape index (κ1) is 10.4. The second kappa shape index (κ2) is 4.03. The highest BCUT2D eigenvalue weighted by Crippen LogP contribution is 2.30. The van der Waals surface area contributed by atoms with Gasteiger partial charge >= 0.3 is 0 Å². The lowest BCUT2D eigenvalue weighted by atomic mass is 10.0. The van der Waals surface area contributed by atoms with E-state index in [9.17, 15) is 5.11 Å². The van der Waals surface area contributed by atoms with E-state index in [1.54, 1.807) is 23.5 Å². The quantitative estimate of drug-likeness (QED) is 0.748. The Balaban J connectivity index is 2.53. The zero-order chi connectivity index (χ0) is 9.19. The zero-order valence-corrected chi connectivity index (χ0v) is 9.34. The average Bonchev–Trinajstić information content (AvgIpc) is 2.35. The predicted octanol–water partition coefficient (Wildman–Crippen LogP) is 1.98. The van der Waals surface area contributed by atoms with E-state index in [4.69, 9.17) is 0 Å². The summed E-state index contributed by atoms with van der Waals surface area (Å²) in [7, 11) is 0. The summed E-state index contributed by atoms with van der Waals surface area (Å²) < 4.78 is 1.13. The van der Waals surface area contributed by atoms with Gasteiger partial charge < -0.3 is 5.11 Å². The van der Waals surface area contributed by atoms with Crippen LogP contribution in [0.2, 0.25) is 0 Å². The van der Waals surface area contributed by atoms with E-state index in [1.807, 2.05) is 13.8 Å². The maximum Gasteiger partial charge on any atom is 0.125 e. The third-order valence-electron chi connectivity index (χ3n) is 1.71. The van der Waals surface area contributed by atoms with Crippen molar-refractivity contribution in [3.05, 3.63) is 0 Å². The molecule has 1 rings (SSSR count). The van der Waals surface area contributed by atoms with Crippen LogP contribution in [-0.4, -0.2) is 32.6 Å². The third-order valence-corrected chi connectivity index (χ3v) is 3.89. The molecule has 1 atom stereocenters. The molecular weight excluding hydrogens is 190 g/mol. The molecule has 12 heavy (non-hydrogen) atoms. The number of nitrogens with zero attached hydrogens (tertiary/aromatic N) is 1. The summed E-state index contributed by atoms with van der Waals surface area (Å²) in [6.07, 6.45) is 0.